The maximum Gasteiger partial charge on any atom is 0.436 e. The van der Waals surface area contributed by atoms with Gasteiger partial charge in [0, 0.05) is 17.5 Å². The molecule has 0 aliphatic carbocycles. The van der Waals surface area contributed by atoms with E-state index in [2.05, 4.69) is 34.3 Å². The third kappa shape index (κ3) is 16.0. The predicted octanol–water partition coefficient (Wildman–Crippen LogP) is 7.48. The molecule has 286 valence electrons. The minimum atomic E-state index is -0.716. The molecule has 0 aliphatic rings. The van der Waals surface area contributed by atoms with Gasteiger partial charge in [-0.1, -0.05) is 41.0 Å². The van der Waals surface area contributed by atoms with Crippen molar-refractivity contribution in [2.75, 3.05) is 18.6 Å². The minimum absolute atomic E-state index is 0.0611. The monoisotopic (exact) mass is 730 g/mol. The topological polar surface area (TPSA) is 203 Å². The summed E-state index contributed by atoms with van der Waals surface area (Å²) >= 11 is 0. The molecule has 0 saturated carbocycles. The number of aromatic amines is 1. The number of nitrogens with zero attached hydrogens (tertiary/aromatic N) is 5. The number of aryl methyl sites for hydroxylation is 1. The number of nitrogen functional groups attached to an aromatic ring is 1. The summed E-state index contributed by atoms with van der Waals surface area (Å²) in [6.45, 7) is 23.3. The molecule has 1 amide bonds. The molecule has 2 aromatic carbocycles. The van der Waals surface area contributed by atoms with Gasteiger partial charge in [0.05, 0.1) is 42.2 Å². The first kappa shape index (κ1) is 46.5. The maximum atomic E-state index is 14.0. The molecule has 0 bridgehead atoms. The van der Waals surface area contributed by atoms with Gasteiger partial charge < -0.3 is 24.4 Å². The molecule has 0 aliphatic heterocycles. The molecule has 52 heavy (non-hydrogen) atoms. The highest BCUT2D eigenvalue weighted by atomic mass is 19.1. The lowest BCUT2D eigenvalue weighted by molar-refractivity contribution is 0.161. The summed E-state index contributed by atoms with van der Waals surface area (Å²) in [5.74, 6) is 5.13. The van der Waals surface area contributed by atoms with E-state index in [0.717, 1.165) is 16.8 Å². The van der Waals surface area contributed by atoms with Crippen molar-refractivity contribution < 1.29 is 32.5 Å². The Bertz CT molecular complexity index is 1750. The molecule has 0 fully saturated rings. The minimum Gasteiger partial charge on any atom is -0.490 e. The lowest BCUT2D eigenvalue weighted by atomic mass is 9.97. The molecule has 1 heterocycles. The normalized spacial score (nSPS) is 10.6. The highest BCUT2D eigenvalue weighted by Gasteiger charge is 2.22. The Labute approximate surface area is 304 Å². The van der Waals surface area contributed by atoms with Crippen molar-refractivity contribution in [1.29, 1.82) is 10.5 Å². The number of hydrogen-bond donors (Lipinski definition) is 3. The fourth-order valence-electron chi connectivity index (χ4n) is 3.63. The quantitative estimate of drug-likeness (QED) is 0.0897. The summed E-state index contributed by atoms with van der Waals surface area (Å²) in [6, 6.07) is 8.51. The standard InChI is InChI=1S/C13H13FN4O2.C10H12FN3O.C10H19NO3.C3H8/c1-7(2)20-12-5-11(10(14)4-9(12)6-15)18-13(19)16-8(3)17-18;1-6(2)15-10-4-9(14-13)8(11)3-7(10)5-12;1-6-13-8(10(3,4)5)11-9(12)14-7-2;1-3-2/h4-5,7H,1-3H3,(H,16,17,19);3-4,6,14H,13H2,1-2H3;6-7H2,1-5H3;3H2,1-2H3. The largest absolute Gasteiger partial charge is 0.490 e. The second-order valence-electron chi connectivity index (χ2n) is 12.3. The molecule has 3 rings (SSSR count). The van der Waals surface area contributed by atoms with Crippen molar-refractivity contribution in [2.45, 2.75) is 102 Å². The van der Waals surface area contributed by atoms with E-state index in [0.29, 0.717) is 30.7 Å². The Balaban J connectivity index is 0.000000737. The van der Waals surface area contributed by atoms with Gasteiger partial charge in [-0.05, 0) is 60.6 Å². The Morgan fingerprint density at radius 2 is 1.42 bits per heavy atom. The molecule has 3 aromatic rings. The van der Waals surface area contributed by atoms with Crippen molar-refractivity contribution in [2.24, 2.45) is 16.3 Å². The van der Waals surface area contributed by atoms with E-state index >= 15 is 0 Å². The number of H-pyrrole nitrogens is 1. The highest BCUT2D eigenvalue weighted by molar-refractivity contribution is 5.91. The molecule has 0 atom stereocenters. The maximum absolute atomic E-state index is 14.0. The number of aliphatic imine (C=N–C) groups is 1. The van der Waals surface area contributed by atoms with E-state index < -0.39 is 23.4 Å². The van der Waals surface area contributed by atoms with Crippen molar-refractivity contribution >= 4 is 17.7 Å². The van der Waals surface area contributed by atoms with Gasteiger partial charge in [-0.2, -0.15) is 20.3 Å². The zero-order chi connectivity index (χ0) is 40.2. The number of nitrogens with one attached hydrogen (secondary N) is 2. The Hall–Kier alpha value is -5.48. The van der Waals surface area contributed by atoms with E-state index in [-0.39, 0.29) is 45.9 Å². The molecule has 4 N–H and O–H groups in total. The average Bonchev–Trinajstić information content (AvgIpc) is 3.39. The van der Waals surface area contributed by atoms with Crippen LogP contribution in [0.15, 0.2) is 34.1 Å². The number of ether oxygens (including phenoxy) is 4. The van der Waals surface area contributed by atoms with Crippen LogP contribution in [0, 0.1) is 46.6 Å². The first-order valence-corrected chi connectivity index (χ1v) is 16.7. The third-order valence-electron chi connectivity index (χ3n) is 5.58. The van der Waals surface area contributed by atoms with Crippen molar-refractivity contribution in [3.05, 3.63) is 63.3 Å². The van der Waals surface area contributed by atoms with E-state index in [9.17, 15) is 18.4 Å². The SMILES string of the molecule is CC(C)Oc1cc(NN)c(F)cc1C#N.CCC.CCOC(=O)N=C(OCC)C(C)(C)C.Cc1nn(-c2cc(OC(C)C)c(C#N)cc2F)c(=O)[nH]1. The fraction of sp³-hybridized carbons (Fsp3) is 0.500. The number of carbonyl (C=O) groups is 1. The lowest BCUT2D eigenvalue weighted by Gasteiger charge is -2.20. The summed E-state index contributed by atoms with van der Waals surface area (Å²) in [5.41, 5.74) is 1.63. The number of hydrogen-bond acceptors (Lipinski definition) is 11. The molecule has 14 nitrogen and oxygen atoms in total. The van der Waals surface area contributed by atoms with Gasteiger partial charge >= 0.3 is 11.8 Å². The van der Waals surface area contributed by atoms with Crippen LogP contribution in [0.1, 0.15) is 99.5 Å². The van der Waals surface area contributed by atoms with Gasteiger partial charge in [-0.25, -0.2) is 18.4 Å². The number of nitriles is 2. The molecule has 0 saturated heterocycles. The Morgan fingerprint density at radius 1 is 0.942 bits per heavy atom. The van der Waals surface area contributed by atoms with Gasteiger partial charge in [-0.3, -0.25) is 10.8 Å². The van der Waals surface area contributed by atoms with Gasteiger partial charge in [0.1, 0.15) is 41.0 Å². The molecule has 0 spiro atoms. The van der Waals surface area contributed by atoms with Crippen LogP contribution >= 0.6 is 0 Å². The van der Waals surface area contributed by atoms with Gasteiger partial charge in [0.25, 0.3) is 0 Å². The zero-order valence-corrected chi connectivity index (χ0v) is 32.1. The van der Waals surface area contributed by atoms with Crippen molar-refractivity contribution in [3.8, 4) is 29.3 Å². The second kappa shape index (κ2) is 23.1. The zero-order valence-electron chi connectivity index (χ0n) is 32.1. The summed E-state index contributed by atoms with van der Waals surface area (Å²) in [6.07, 6.45) is 0.386. The molecule has 0 radical (unpaired) electrons. The highest BCUT2D eigenvalue weighted by Crippen LogP contribution is 2.27. The van der Waals surface area contributed by atoms with Gasteiger partial charge in [-0.15, -0.1) is 4.99 Å². The van der Waals surface area contributed by atoms with Gasteiger partial charge in [0.15, 0.2) is 11.7 Å². The number of rotatable bonds is 8. The number of amides is 1. The Kier molecular flexibility index (Phi) is 20.6. The molecular formula is C36H52F2N8O6. The van der Waals surface area contributed by atoms with Crippen LogP contribution < -0.4 is 26.4 Å². The summed E-state index contributed by atoms with van der Waals surface area (Å²) < 4.78 is 48.9. The molecule has 16 heteroatoms. The van der Waals surface area contributed by atoms with Crippen molar-refractivity contribution in [1.82, 2.24) is 14.8 Å². The fourth-order valence-corrected chi connectivity index (χ4v) is 3.63. The van der Waals surface area contributed by atoms with Crippen molar-refractivity contribution in [3.63, 3.8) is 0 Å². The first-order valence-electron chi connectivity index (χ1n) is 16.7. The van der Waals surface area contributed by atoms with Crippen LogP contribution in [0.3, 0.4) is 0 Å². The van der Waals surface area contributed by atoms with Crippen LogP contribution in [0.25, 0.3) is 5.69 Å². The van der Waals surface area contributed by atoms with Gasteiger partial charge in [0.2, 0.25) is 0 Å². The van der Waals surface area contributed by atoms with Crippen LogP contribution in [-0.2, 0) is 9.47 Å². The number of anilines is 1. The Morgan fingerprint density at radius 3 is 1.81 bits per heavy atom. The second-order valence-corrected chi connectivity index (χ2v) is 12.3. The number of aromatic nitrogens is 3. The molecular weight excluding hydrogens is 678 g/mol. The number of carbonyl (C=O) groups excluding carboxylic acids is 1. The number of hydrazine groups is 1. The third-order valence-corrected chi connectivity index (χ3v) is 5.58. The summed E-state index contributed by atoms with van der Waals surface area (Å²) in [7, 11) is 0. The number of nitrogens with two attached hydrogens (primary N) is 1. The molecule has 1 aromatic heterocycles. The lowest BCUT2D eigenvalue weighted by Crippen LogP contribution is -2.25. The molecule has 0 unspecified atom stereocenters. The average molecular weight is 731 g/mol. The van der Waals surface area contributed by atoms with Crippen LogP contribution in [-0.4, -0.2) is 52.2 Å². The van der Waals surface area contributed by atoms with E-state index in [4.69, 9.17) is 35.3 Å². The summed E-state index contributed by atoms with van der Waals surface area (Å²) in [4.78, 5) is 28.9. The first-order chi connectivity index (χ1) is 24.3. The predicted molar refractivity (Wildman–Crippen MR) is 196 cm³/mol. The van der Waals surface area contributed by atoms with Crippen LogP contribution in [0.2, 0.25) is 0 Å². The number of benzene rings is 2. The smallest absolute Gasteiger partial charge is 0.436 e. The number of halogens is 2. The van der Waals surface area contributed by atoms with E-state index in [1.54, 1.807) is 27.7 Å². The summed E-state index contributed by atoms with van der Waals surface area (Å²) in [5, 5.41) is 21.6. The van der Waals surface area contributed by atoms with Crippen LogP contribution in [0.5, 0.6) is 11.5 Å². The van der Waals surface area contributed by atoms with E-state index in [1.165, 1.54) is 18.6 Å². The van der Waals surface area contributed by atoms with E-state index in [1.807, 2.05) is 53.7 Å². The van der Waals surface area contributed by atoms with Crippen LogP contribution in [0.4, 0.5) is 19.3 Å².